The zero-order valence-electron chi connectivity index (χ0n) is 109. The highest BCUT2D eigenvalue weighted by Crippen LogP contribution is 2.34. The number of aliphatic hydroxyl groups excluding tert-OH is 1. The average molecular weight is 2590 g/mol. The summed E-state index contributed by atoms with van der Waals surface area (Å²) >= 11 is 0. The largest absolute Gasteiger partial charge is 0.481 e. The normalized spacial score (nSPS) is 17.3. The van der Waals surface area contributed by atoms with Crippen molar-refractivity contribution in [1.82, 2.24) is 0 Å². The van der Waals surface area contributed by atoms with E-state index in [1.54, 1.807) is 87.1 Å². The minimum Gasteiger partial charge on any atom is -0.456 e. The number of benzene rings is 1. The van der Waals surface area contributed by atoms with E-state index in [-0.39, 0.29) is 6.23 Å². The van der Waals surface area contributed by atoms with Crippen LogP contribution in [0.4, 0.5) is 0 Å². The maximum Gasteiger partial charge on any atom is 0.481 e. The molecule has 2 aliphatic heterocycles. The fourth-order valence-electron chi connectivity index (χ4n) is 15.2. The van der Waals surface area contributed by atoms with Crippen LogP contribution in [-0.2, 0) is 122 Å². The lowest BCUT2D eigenvalue weighted by Crippen LogP contribution is -2.64. The van der Waals surface area contributed by atoms with Gasteiger partial charge in [-0.1, -0.05) is 119 Å². The van der Waals surface area contributed by atoms with Gasteiger partial charge in [0.25, 0.3) is 0 Å². The molecular weight excluding hydrogens is 2340 g/mol. The highest BCUT2D eigenvalue weighted by atomic mass is 28.5. The first kappa shape index (κ1) is 165. The Bertz CT molecular complexity index is 3390. The maximum atomic E-state index is 9.20. The predicted octanol–water partition coefficient (Wildman–Crippen LogP) is 27.3. The first-order valence-corrected chi connectivity index (χ1v) is 141. The topological polar surface area (TPSA) is 288 Å². The van der Waals surface area contributed by atoms with Gasteiger partial charge in [0, 0.05) is 107 Å². The zero-order valence-corrected chi connectivity index (χ0v) is 139. The Balaban J connectivity index is -0.000000240. The van der Waals surface area contributed by atoms with Crippen LogP contribution < -0.4 is 10.4 Å². The molecule has 880 valence electrons. The number of rotatable bonds is 43. The van der Waals surface area contributed by atoms with Crippen LogP contribution in [0.15, 0.2) is 24.3 Å². The lowest BCUT2D eigenvalue weighted by molar-refractivity contribution is 0.115. The Kier molecular flexibility index (Phi) is 72.2. The Morgan fingerprint density at radius 1 is 0.186 bits per heavy atom. The fraction of sp³-hybridized carbons (Fsp3) is 0.929. The van der Waals surface area contributed by atoms with Crippen molar-refractivity contribution < 1.29 is 128 Å². The summed E-state index contributed by atoms with van der Waals surface area (Å²) in [6.45, 7) is 144. The molecule has 2 atom stereocenters. The van der Waals surface area contributed by atoms with E-state index in [1.807, 2.05) is 137 Å². The molecule has 0 aliphatic carbocycles. The van der Waals surface area contributed by atoms with Crippen molar-refractivity contribution in [3.8, 4) is 0 Å². The van der Waals surface area contributed by atoms with Crippen LogP contribution in [0.25, 0.3) is 0 Å². The van der Waals surface area contributed by atoms with Crippen LogP contribution in [0.2, 0.25) is 444 Å². The minimum atomic E-state index is -2.93. The van der Waals surface area contributed by atoms with Crippen LogP contribution in [0, 0.1) is 0 Å². The molecule has 1 aromatic rings. The maximum absolute atomic E-state index is 9.20. The van der Waals surface area contributed by atoms with Gasteiger partial charge < -0.3 is 128 Å². The molecule has 2 unspecified atom stereocenters. The second kappa shape index (κ2) is 63.6. The van der Waals surface area contributed by atoms with Crippen LogP contribution >= 0.6 is 0 Å². The molecule has 0 spiro atoms. The predicted molar refractivity (Wildman–Crippen MR) is 694 cm³/mol. The molecule has 30 nitrogen and oxygen atoms in total. The van der Waals surface area contributed by atoms with Gasteiger partial charge in [0.1, 0.15) is 0 Å². The van der Waals surface area contributed by atoms with Gasteiger partial charge in [0.15, 0.2) is 49.9 Å². The van der Waals surface area contributed by atoms with Crippen LogP contribution in [0.1, 0.15) is 0 Å². The second-order valence-corrected chi connectivity index (χ2v) is 175. The van der Waals surface area contributed by atoms with Crippen molar-refractivity contribution >= 4 is 264 Å². The van der Waals surface area contributed by atoms with Gasteiger partial charge in [-0.15, -0.1) is 0 Å². The average Bonchev–Trinajstić information content (AvgIpc) is 0.779. The smallest absolute Gasteiger partial charge is 0.456 e. The summed E-state index contributed by atoms with van der Waals surface area (Å²) in [5, 5.41) is 12.3. The van der Waals surface area contributed by atoms with Crippen molar-refractivity contribution in [2.45, 2.75) is 444 Å². The molecule has 60 heteroatoms. The van der Waals surface area contributed by atoms with Crippen LogP contribution in [0.5, 0.6) is 0 Å². The highest BCUT2D eigenvalue weighted by molar-refractivity contribution is 6.97. The third-order valence-corrected chi connectivity index (χ3v) is 115. The molecule has 0 aromatic heterocycles. The van der Waals surface area contributed by atoms with E-state index in [9.17, 15) is 5.11 Å². The zero-order chi connectivity index (χ0) is 119. The van der Waals surface area contributed by atoms with Crippen molar-refractivity contribution in [1.29, 1.82) is 0 Å². The molecule has 1 aromatic carbocycles. The first-order valence-electron chi connectivity index (χ1n) is 51.1. The van der Waals surface area contributed by atoms with Gasteiger partial charge in [-0.05, 0) is 340 Å². The molecule has 2 heterocycles. The fourth-order valence-corrected chi connectivity index (χ4v) is 132. The van der Waals surface area contributed by atoms with Gasteiger partial charge in [-0.25, -0.2) is 0 Å². The van der Waals surface area contributed by atoms with Crippen molar-refractivity contribution in [2.24, 2.45) is 0 Å². The Morgan fingerprint density at radius 3 is 0.462 bits per heavy atom. The quantitative estimate of drug-likeness (QED) is 0.0594. The summed E-state index contributed by atoms with van der Waals surface area (Å²) in [6.07, 6.45) is 0.127. The molecule has 145 heavy (non-hydrogen) atoms. The van der Waals surface area contributed by atoms with E-state index in [4.69, 9.17) is 122 Å². The lowest BCUT2D eigenvalue weighted by atomic mass is 10.4. The van der Waals surface area contributed by atoms with Gasteiger partial charge >= 0.3 is 163 Å². The monoisotopic (exact) mass is 2580 g/mol. The third-order valence-electron chi connectivity index (χ3n) is 18.0. The number of hydrogen-bond donors (Lipinski definition) is 1. The Hall–Kier alpha value is 4.53. The summed E-state index contributed by atoms with van der Waals surface area (Å²) in [5.41, 5.74) is 1.57. The number of aliphatic hydroxyl groups is 1. The molecule has 2 fully saturated rings. The summed E-state index contributed by atoms with van der Waals surface area (Å²) < 4.78 is 167. The molecule has 0 bridgehead atoms. The standard InChI is InChI=1S/C12H22Si2.C10H30O7Si4.C10H30O3Si4.C8H24O5Si3.C8H24O4Si3.C8H24O2Si3.C7H20Si2.C6H18O3Si3.C6H18O3Si2.C6H18OSi2.C4H12O2Si2/c1-13(2,3)11-7-9-12(10-8-11)14(4,5)6;1-11-18(5,6)15-20(9,13-3)17-21(10,14-4)16-19(7,8)12-2;1-14(2,3)11-16(7,8)13-17(9,10)12-15(4,5)6;1-9-14(4,5)12-16(8,11-3)13-15(6,7)10-2;1-10-14(4,5)12-15(6,7)11-13(2,3)8-9;1-11(2,3)9-13(7,8)10-12(4,5)6;1-8(2,3)7-9(4,5)6;1-10(2)7-11(3,4)9-12(5,6)8-10;1-7-10(3,4)9-11(5,6)8-2;1-8(2,3)7-9(4,5)6;1-7(2)5-8(3,4)6-7/h7-10H,1-6H3;1-10H3;1-10H3;1-8H3;9H,8H2,1-7H3;1-8H3;7H2,1-6H3;1-6H3;1-6H3;1-6H3;1-4H3. The van der Waals surface area contributed by atoms with Gasteiger partial charge in [-0.2, -0.15) is 0 Å². The molecule has 2 saturated heterocycles. The second-order valence-electron chi connectivity index (χ2n) is 54.9. The van der Waals surface area contributed by atoms with E-state index < -0.39 is 254 Å². The van der Waals surface area contributed by atoms with E-state index in [0.717, 1.165) is 0 Å². The molecule has 1 N–H and O–H groups in total. The van der Waals surface area contributed by atoms with Crippen molar-refractivity contribution in [3.05, 3.63) is 24.3 Å². The molecule has 0 radical (unpaired) electrons. The third kappa shape index (κ3) is 98.9. The summed E-state index contributed by atoms with van der Waals surface area (Å²) in [4.78, 5) is 0. The van der Waals surface area contributed by atoms with Crippen molar-refractivity contribution in [3.63, 3.8) is 0 Å². The number of hydrogen-bond acceptors (Lipinski definition) is 30. The summed E-state index contributed by atoms with van der Waals surface area (Å²) in [7, 11) is -37.8. The lowest BCUT2D eigenvalue weighted by Gasteiger charge is -2.46. The first-order chi connectivity index (χ1) is 62.5. The highest BCUT2D eigenvalue weighted by Gasteiger charge is 2.55. The SMILES string of the molecule is CO[Si](C)(C)O[Si](C)(C)OC.CO[Si](C)(C)O[Si](C)(C)O[Si](C)(C)CO.CO[Si](C)(C)O[Si](C)(OC)O[Si](C)(C)OC.CO[Si](C)(C)O[Si](C)(OC)O[Si](C)(OC)O[Si](C)(C)OC.C[Si](C)(C)C[Si](C)(C)C.C[Si](C)(C)O[Si](C)(C)C.C[Si](C)(C)O[Si](C)(C)O[Si](C)(C)C.C[Si](C)(C)O[Si](C)(C)O[Si](C)(C)O[Si](C)(C)C.C[Si](C)(C)c1ccc([Si](C)(C)C)cc1.C[Si]1(C)O[Si](C)(C)O1.C[Si]1(C)O[Si](C)(C)O[Si](C)(C)O1. The molecule has 0 amide bonds. The summed E-state index contributed by atoms with van der Waals surface area (Å²) in [5.74, 6) is 0. The van der Waals surface area contributed by atoms with Gasteiger partial charge in [0.05, 0.1) is 22.4 Å². The van der Waals surface area contributed by atoms with E-state index in [0.29, 0.717) is 0 Å². The van der Waals surface area contributed by atoms with Crippen LogP contribution in [-0.4, -0.2) is 336 Å². The molecular formula is C85H240O30Si30. The molecule has 3 rings (SSSR count). The van der Waals surface area contributed by atoms with E-state index in [1.165, 1.54) is 0 Å². The molecule has 2 aliphatic rings. The van der Waals surface area contributed by atoms with Gasteiger partial charge in [0.2, 0.25) is 8.32 Å². The Labute approximate surface area is 929 Å². The minimum absolute atomic E-state index is 0.127. The van der Waals surface area contributed by atoms with Crippen LogP contribution in [0.3, 0.4) is 0 Å². The Morgan fingerprint density at radius 2 is 0.331 bits per heavy atom. The van der Waals surface area contributed by atoms with Crippen molar-refractivity contribution in [2.75, 3.05) is 77.3 Å². The van der Waals surface area contributed by atoms with E-state index in [2.05, 4.69) is 325 Å². The molecule has 0 saturated carbocycles. The summed E-state index contributed by atoms with van der Waals surface area (Å²) in [6, 6.07) is 9.39. The van der Waals surface area contributed by atoms with Gasteiger partial charge in [-0.3, -0.25) is 0 Å². The van der Waals surface area contributed by atoms with E-state index >= 15 is 0 Å².